The summed E-state index contributed by atoms with van der Waals surface area (Å²) in [4.78, 5) is 13.8. The first-order chi connectivity index (χ1) is 7.93. The van der Waals surface area contributed by atoms with Crippen LogP contribution < -0.4 is 4.90 Å². The van der Waals surface area contributed by atoms with Crippen LogP contribution in [0.1, 0.15) is 0 Å². The molecule has 0 unspecified atom stereocenters. The number of aliphatic imine (C=N–C) groups is 2. The Morgan fingerprint density at radius 1 is 1.19 bits per heavy atom. The van der Waals surface area contributed by atoms with E-state index in [9.17, 15) is 0 Å². The van der Waals surface area contributed by atoms with Crippen molar-refractivity contribution in [1.29, 1.82) is 0 Å². The van der Waals surface area contributed by atoms with Gasteiger partial charge in [0.05, 0.1) is 5.69 Å². The average Bonchev–Trinajstić information content (AvgIpc) is 2.79. The van der Waals surface area contributed by atoms with Gasteiger partial charge in [0.2, 0.25) is 5.96 Å². The van der Waals surface area contributed by atoms with Crippen molar-refractivity contribution in [2.24, 2.45) is 9.98 Å². The van der Waals surface area contributed by atoms with Gasteiger partial charge in [-0.25, -0.2) is 4.99 Å². The molecule has 0 spiro atoms. The molecule has 2 aliphatic rings. The van der Waals surface area contributed by atoms with Gasteiger partial charge in [-0.15, -0.1) is 0 Å². The summed E-state index contributed by atoms with van der Waals surface area (Å²) in [5.41, 5.74) is 2.26. The minimum Gasteiger partial charge on any atom is -0.361 e. The maximum Gasteiger partial charge on any atom is 0.237 e. The van der Waals surface area contributed by atoms with E-state index in [-0.39, 0.29) is 0 Å². The summed E-state index contributed by atoms with van der Waals surface area (Å²) in [6, 6.07) is 8.25. The summed E-state index contributed by atoms with van der Waals surface area (Å²) >= 11 is 0. The molecule has 3 heterocycles. The van der Waals surface area contributed by atoms with Gasteiger partial charge < -0.3 is 4.98 Å². The lowest BCUT2D eigenvalue weighted by Crippen LogP contribution is -2.39. The molecule has 1 N–H and O–H groups in total. The van der Waals surface area contributed by atoms with E-state index >= 15 is 0 Å². The summed E-state index contributed by atoms with van der Waals surface area (Å²) in [7, 11) is 0. The number of hydrogen-bond acceptors (Lipinski definition) is 3. The van der Waals surface area contributed by atoms with Crippen LogP contribution in [0.25, 0.3) is 10.9 Å². The van der Waals surface area contributed by atoms with E-state index in [4.69, 9.17) is 0 Å². The lowest BCUT2D eigenvalue weighted by atomic mass is 10.2. The van der Waals surface area contributed by atoms with E-state index in [1.165, 1.54) is 5.39 Å². The molecule has 4 nitrogen and oxygen atoms in total. The molecule has 0 radical (unpaired) electrons. The number of benzene rings is 1. The molecule has 0 fully saturated rings. The fraction of sp³-hybridized carbons (Fsp3) is 0. The summed E-state index contributed by atoms with van der Waals surface area (Å²) < 4.78 is 0. The maximum atomic E-state index is 4.27. The van der Waals surface area contributed by atoms with E-state index in [1.54, 1.807) is 6.21 Å². The fourth-order valence-corrected chi connectivity index (χ4v) is 2.12. The molecular weight excluding hydrogens is 200 g/mol. The maximum absolute atomic E-state index is 4.27. The first kappa shape index (κ1) is 7.87. The zero-order chi connectivity index (χ0) is 10.5. The zero-order valence-corrected chi connectivity index (χ0v) is 8.38. The van der Waals surface area contributed by atoms with Crippen molar-refractivity contribution in [1.82, 2.24) is 4.98 Å². The highest BCUT2D eigenvalue weighted by Crippen LogP contribution is 2.34. The molecule has 4 rings (SSSR count). The quantitative estimate of drug-likeness (QED) is 0.767. The van der Waals surface area contributed by atoms with E-state index in [0.717, 1.165) is 23.0 Å². The van der Waals surface area contributed by atoms with Crippen LogP contribution in [-0.2, 0) is 0 Å². The van der Waals surface area contributed by atoms with E-state index in [2.05, 4.69) is 38.1 Å². The Morgan fingerprint density at radius 3 is 3.00 bits per heavy atom. The Morgan fingerprint density at radius 2 is 2.19 bits per heavy atom. The standard InChI is InChI=1S/C12H8N4/c1-2-9-8(4-6-13-9)10(3-1)16-11-5-7-14-12(16)15-11/h1-7,13H. The van der Waals surface area contributed by atoms with Crippen LogP contribution in [0.2, 0.25) is 0 Å². The predicted molar refractivity (Wildman–Crippen MR) is 64.8 cm³/mol. The van der Waals surface area contributed by atoms with E-state index in [1.807, 2.05) is 18.3 Å². The molecule has 0 atom stereocenters. The van der Waals surface area contributed by atoms with Crippen LogP contribution in [0.3, 0.4) is 0 Å². The molecular formula is C12H8N4. The van der Waals surface area contributed by atoms with Crippen LogP contribution in [0.4, 0.5) is 5.69 Å². The monoisotopic (exact) mass is 208 g/mol. The molecule has 2 aliphatic heterocycles. The lowest BCUT2D eigenvalue weighted by Gasteiger charge is -2.33. The van der Waals surface area contributed by atoms with Crippen molar-refractivity contribution in [3.63, 3.8) is 0 Å². The normalized spacial score (nSPS) is 17.1. The zero-order valence-electron chi connectivity index (χ0n) is 8.38. The highest BCUT2D eigenvalue weighted by molar-refractivity contribution is 6.16. The summed E-state index contributed by atoms with van der Waals surface area (Å²) in [6.07, 6.45) is 5.65. The summed E-state index contributed by atoms with van der Waals surface area (Å²) in [6.45, 7) is 0. The Kier molecular flexibility index (Phi) is 1.28. The smallest absolute Gasteiger partial charge is 0.237 e. The van der Waals surface area contributed by atoms with Gasteiger partial charge >= 0.3 is 0 Å². The molecule has 76 valence electrons. The Hall–Kier alpha value is -2.36. The molecule has 16 heavy (non-hydrogen) atoms. The van der Waals surface area contributed by atoms with Gasteiger partial charge in [0.15, 0.2) is 0 Å². The van der Waals surface area contributed by atoms with Gasteiger partial charge in [-0.1, -0.05) is 6.07 Å². The minimum atomic E-state index is 0.770. The number of guanidine groups is 1. The number of nitrogens with zero attached hydrogens (tertiary/aromatic N) is 3. The predicted octanol–water partition coefficient (Wildman–Crippen LogP) is 2.27. The molecule has 1 aromatic heterocycles. The van der Waals surface area contributed by atoms with Gasteiger partial charge in [-0.05, 0) is 18.2 Å². The van der Waals surface area contributed by atoms with Crippen LogP contribution >= 0.6 is 0 Å². The van der Waals surface area contributed by atoms with Crippen molar-refractivity contribution < 1.29 is 0 Å². The van der Waals surface area contributed by atoms with Crippen LogP contribution in [0, 0.1) is 0 Å². The molecule has 2 aromatic rings. The Balaban J connectivity index is 1.96. The van der Waals surface area contributed by atoms with E-state index in [0.29, 0.717) is 0 Å². The number of allylic oxidation sites excluding steroid dienone is 1. The first-order valence-corrected chi connectivity index (χ1v) is 5.13. The second kappa shape index (κ2) is 2.61. The number of fused-ring (bicyclic) bond motifs is 3. The second-order valence-corrected chi connectivity index (χ2v) is 3.77. The largest absolute Gasteiger partial charge is 0.361 e. The number of hydrogen-bond donors (Lipinski definition) is 1. The average molecular weight is 208 g/mol. The number of H-pyrrole nitrogens is 1. The van der Waals surface area contributed by atoms with Crippen LogP contribution in [0.15, 0.2) is 52.3 Å². The highest BCUT2D eigenvalue weighted by Gasteiger charge is 2.29. The Bertz CT molecular complexity index is 664. The molecule has 0 aliphatic carbocycles. The number of anilines is 1. The Labute approximate surface area is 91.6 Å². The van der Waals surface area contributed by atoms with Crippen molar-refractivity contribution in [3.05, 3.63) is 42.4 Å². The third kappa shape index (κ3) is 0.839. The molecule has 0 saturated heterocycles. The van der Waals surface area contributed by atoms with Crippen molar-refractivity contribution in [2.45, 2.75) is 0 Å². The molecule has 0 amide bonds. The number of aromatic nitrogens is 1. The molecule has 0 saturated carbocycles. The lowest BCUT2D eigenvalue weighted by molar-refractivity contribution is 1.04. The van der Waals surface area contributed by atoms with Crippen molar-refractivity contribution in [3.8, 4) is 0 Å². The SMILES string of the molecule is c1cc(N2c3ccnc2n3)c2cc[nH]c2c1. The molecule has 4 heteroatoms. The second-order valence-electron chi connectivity index (χ2n) is 3.77. The van der Waals surface area contributed by atoms with Crippen LogP contribution in [0.5, 0.6) is 0 Å². The van der Waals surface area contributed by atoms with E-state index < -0.39 is 0 Å². The summed E-state index contributed by atoms with van der Waals surface area (Å²) in [5, 5.41) is 1.19. The van der Waals surface area contributed by atoms with Crippen molar-refractivity contribution >= 4 is 28.8 Å². The van der Waals surface area contributed by atoms with Crippen molar-refractivity contribution in [2.75, 3.05) is 4.90 Å². The first-order valence-electron chi connectivity index (χ1n) is 5.13. The summed E-state index contributed by atoms with van der Waals surface area (Å²) in [5.74, 6) is 1.73. The number of nitrogens with one attached hydrogen (secondary N) is 1. The highest BCUT2D eigenvalue weighted by atomic mass is 15.4. The number of aromatic amines is 1. The van der Waals surface area contributed by atoms with Gasteiger partial charge in [0, 0.05) is 29.4 Å². The third-order valence-electron chi connectivity index (χ3n) is 2.87. The topological polar surface area (TPSA) is 43.8 Å². The minimum absolute atomic E-state index is 0.770. The van der Waals surface area contributed by atoms with Gasteiger partial charge in [0.1, 0.15) is 5.82 Å². The molecule has 2 bridgehead atoms. The number of rotatable bonds is 1. The van der Waals surface area contributed by atoms with Gasteiger partial charge in [0.25, 0.3) is 0 Å². The molecule has 1 aromatic carbocycles. The third-order valence-corrected chi connectivity index (χ3v) is 2.87. The fourth-order valence-electron chi connectivity index (χ4n) is 2.12. The van der Waals surface area contributed by atoms with Gasteiger partial charge in [-0.2, -0.15) is 4.99 Å². The van der Waals surface area contributed by atoms with Gasteiger partial charge in [-0.3, -0.25) is 4.90 Å². The van der Waals surface area contributed by atoms with Crippen LogP contribution in [-0.4, -0.2) is 17.2 Å².